The van der Waals surface area contributed by atoms with Crippen LogP contribution in [-0.2, 0) is 0 Å². The number of aliphatic hydroxyl groups excluding tert-OH is 1. The van der Waals surface area contributed by atoms with Crippen molar-refractivity contribution in [3.8, 4) is 0 Å². The lowest BCUT2D eigenvalue weighted by atomic mass is 9.91. The van der Waals surface area contributed by atoms with E-state index in [0.29, 0.717) is 17.9 Å². The number of halogens is 1. The Kier molecular flexibility index (Phi) is 5.42. The van der Waals surface area contributed by atoms with E-state index in [0.717, 1.165) is 25.7 Å². The van der Waals surface area contributed by atoms with Gasteiger partial charge in [0.15, 0.2) is 0 Å². The van der Waals surface area contributed by atoms with E-state index in [1.165, 1.54) is 0 Å². The maximum atomic E-state index is 12.6. The molecule has 1 heterocycles. The molecule has 116 valence electrons. The van der Waals surface area contributed by atoms with Gasteiger partial charge in [-0.05, 0) is 31.9 Å². The highest BCUT2D eigenvalue weighted by atomic mass is 35.5. The second-order valence-corrected chi connectivity index (χ2v) is 5.82. The number of hydrogen-bond donors (Lipinski definition) is 2. The molecule has 1 amide bonds. The monoisotopic (exact) mass is 311 g/mol. The van der Waals surface area contributed by atoms with Crippen LogP contribution in [0.1, 0.15) is 43.0 Å². The number of anilines is 1. The fourth-order valence-electron chi connectivity index (χ4n) is 2.79. The number of carbonyl (C=O) groups is 1. The van der Waals surface area contributed by atoms with Crippen molar-refractivity contribution in [3.63, 3.8) is 0 Å². The fraction of sp³-hybridized carbons (Fsp3) is 0.600. The van der Waals surface area contributed by atoms with Gasteiger partial charge in [0.05, 0.1) is 12.1 Å². The van der Waals surface area contributed by atoms with Gasteiger partial charge in [-0.25, -0.2) is 4.98 Å². The molecule has 0 spiro atoms. The van der Waals surface area contributed by atoms with Gasteiger partial charge in [-0.15, -0.1) is 0 Å². The van der Waals surface area contributed by atoms with E-state index in [9.17, 15) is 9.90 Å². The summed E-state index contributed by atoms with van der Waals surface area (Å²) >= 11 is 5.98. The first-order valence-electron chi connectivity index (χ1n) is 7.39. The van der Waals surface area contributed by atoms with Crippen LogP contribution in [0.5, 0.6) is 0 Å². The van der Waals surface area contributed by atoms with Gasteiger partial charge >= 0.3 is 0 Å². The molecular formula is C15H22ClN3O2. The summed E-state index contributed by atoms with van der Waals surface area (Å²) in [5.41, 5.74) is 0.492. The molecule has 1 aromatic heterocycles. The molecule has 0 aromatic carbocycles. The Labute approximate surface area is 130 Å². The second-order valence-electron chi connectivity index (χ2n) is 5.43. The highest BCUT2D eigenvalue weighted by molar-refractivity contribution is 6.29. The van der Waals surface area contributed by atoms with E-state index in [-0.39, 0.29) is 17.1 Å². The van der Waals surface area contributed by atoms with Gasteiger partial charge in [0.2, 0.25) is 0 Å². The lowest BCUT2D eigenvalue weighted by Crippen LogP contribution is -2.46. The van der Waals surface area contributed by atoms with Gasteiger partial charge < -0.3 is 15.3 Å². The molecule has 0 bridgehead atoms. The number of aromatic nitrogens is 1. The van der Waals surface area contributed by atoms with Crippen LogP contribution in [0.25, 0.3) is 0 Å². The highest BCUT2D eigenvalue weighted by Crippen LogP contribution is 2.24. The molecule has 2 atom stereocenters. The van der Waals surface area contributed by atoms with Crippen molar-refractivity contribution in [2.24, 2.45) is 0 Å². The summed E-state index contributed by atoms with van der Waals surface area (Å²) in [6, 6.07) is 3.14. The predicted molar refractivity (Wildman–Crippen MR) is 83.8 cm³/mol. The van der Waals surface area contributed by atoms with Crippen LogP contribution in [0.15, 0.2) is 12.1 Å². The molecule has 0 saturated heterocycles. The van der Waals surface area contributed by atoms with E-state index in [4.69, 9.17) is 11.6 Å². The summed E-state index contributed by atoms with van der Waals surface area (Å²) in [4.78, 5) is 18.4. The number of nitrogens with one attached hydrogen (secondary N) is 1. The number of likely N-dealkylation sites (N-methyl/N-ethyl adjacent to an activating group) is 1. The summed E-state index contributed by atoms with van der Waals surface area (Å²) in [7, 11) is 1.74. The molecule has 1 aliphatic rings. The SMILES string of the molecule is CCNc1cc(C(=O)N(C)C2CCCCC2O)cc(Cl)n1. The Bertz CT molecular complexity index is 510. The lowest BCUT2D eigenvalue weighted by Gasteiger charge is -2.35. The molecule has 6 heteroatoms. The maximum Gasteiger partial charge on any atom is 0.254 e. The minimum atomic E-state index is -0.446. The Morgan fingerprint density at radius 2 is 2.19 bits per heavy atom. The van der Waals surface area contributed by atoms with Crippen molar-refractivity contribution >= 4 is 23.3 Å². The average molecular weight is 312 g/mol. The molecule has 2 unspecified atom stereocenters. The third-order valence-electron chi connectivity index (χ3n) is 3.91. The Morgan fingerprint density at radius 1 is 1.48 bits per heavy atom. The van der Waals surface area contributed by atoms with Crippen LogP contribution in [0.3, 0.4) is 0 Å². The summed E-state index contributed by atoms with van der Waals surface area (Å²) in [5.74, 6) is 0.454. The standard InChI is InChI=1S/C15H22ClN3O2/c1-3-17-14-9-10(8-13(16)18-14)15(21)19(2)11-6-4-5-7-12(11)20/h8-9,11-12,20H,3-7H2,1-2H3,(H,17,18). The number of nitrogens with zero attached hydrogens (tertiary/aromatic N) is 2. The van der Waals surface area contributed by atoms with Crippen molar-refractivity contribution in [1.29, 1.82) is 0 Å². The minimum Gasteiger partial charge on any atom is -0.391 e. The van der Waals surface area contributed by atoms with Crippen molar-refractivity contribution in [1.82, 2.24) is 9.88 Å². The molecule has 1 aliphatic carbocycles. The minimum absolute atomic E-state index is 0.124. The third kappa shape index (κ3) is 3.86. The Balaban J connectivity index is 2.18. The van der Waals surface area contributed by atoms with Crippen LogP contribution < -0.4 is 5.32 Å². The van der Waals surface area contributed by atoms with Gasteiger partial charge in [-0.2, -0.15) is 0 Å². The van der Waals surface area contributed by atoms with Crippen molar-refractivity contribution in [2.45, 2.75) is 44.8 Å². The largest absolute Gasteiger partial charge is 0.391 e. The van der Waals surface area contributed by atoms with E-state index < -0.39 is 6.10 Å². The molecule has 0 aliphatic heterocycles. The van der Waals surface area contributed by atoms with E-state index >= 15 is 0 Å². The number of hydrogen-bond acceptors (Lipinski definition) is 4. The maximum absolute atomic E-state index is 12.6. The van der Waals surface area contributed by atoms with Gasteiger partial charge in [0.1, 0.15) is 11.0 Å². The molecule has 2 N–H and O–H groups in total. The zero-order valence-corrected chi connectivity index (χ0v) is 13.2. The van der Waals surface area contributed by atoms with Crippen molar-refractivity contribution in [3.05, 3.63) is 22.8 Å². The smallest absolute Gasteiger partial charge is 0.254 e. The zero-order chi connectivity index (χ0) is 15.4. The lowest BCUT2D eigenvalue weighted by molar-refractivity contribution is 0.0268. The molecule has 1 saturated carbocycles. The first-order valence-corrected chi connectivity index (χ1v) is 7.77. The number of aliphatic hydroxyl groups is 1. The number of pyridine rings is 1. The average Bonchev–Trinajstić information content (AvgIpc) is 2.46. The summed E-state index contributed by atoms with van der Waals surface area (Å²) in [5, 5.41) is 13.4. The highest BCUT2D eigenvalue weighted by Gasteiger charge is 2.30. The topological polar surface area (TPSA) is 65.5 Å². The summed E-state index contributed by atoms with van der Waals surface area (Å²) in [6.45, 7) is 2.66. The fourth-order valence-corrected chi connectivity index (χ4v) is 3.00. The molecule has 1 aromatic rings. The van der Waals surface area contributed by atoms with E-state index in [2.05, 4.69) is 10.3 Å². The molecule has 0 radical (unpaired) electrons. The second kappa shape index (κ2) is 7.09. The first kappa shape index (κ1) is 16.0. The predicted octanol–water partition coefficient (Wildman–Crippen LogP) is 2.54. The first-order chi connectivity index (χ1) is 10.0. The van der Waals surface area contributed by atoms with Crippen molar-refractivity contribution in [2.75, 3.05) is 18.9 Å². The van der Waals surface area contributed by atoms with Gasteiger partial charge in [-0.1, -0.05) is 24.4 Å². The van der Waals surface area contributed by atoms with E-state index in [1.807, 2.05) is 6.92 Å². The number of carbonyl (C=O) groups excluding carboxylic acids is 1. The van der Waals surface area contributed by atoms with Crippen LogP contribution in [0.4, 0.5) is 5.82 Å². The Hall–Kier alpha value is -1.33. The number of amides is 1. The van der Waals surface area contributed by atoms with Crippen molar-refractivity contribution < 1.29 is 9.90 Å². The molecule has 5 nitrogen and oxygen atoms in total. The molecular weight excluding hydrogens is 290 g/mol. The number of rotatable bonds is 4. The van der Waals surface area contributed by atoms with Crippen LogP contribution >= 0.6 is 11.6 Å². The van der Waals surface area contributed by atoms with Gasteiger partial charge in [-0.3, -0.25) is 4.79 Å². The van der Waals surface area contributed by atoms with Crippen LogP contribution in [0, 0.1) is 0 Å². The summed E-state index contributed by atoms with van der Waals surface area (Å²) < 4.78 is 0. The quantitative estimate of drug-likeness (QED) is 0.839. The van der Waals surface area contributed by atoms with Gasteiger partial charge in [0.25, 0.3) is 5.91 Å². The van der Waals surface area contributed by atoms with Gasteiger partial charge in [0, 0.05) is 19.2 Å². The van der Waals surface area contributed by atoms with Crippen LogP contribution in [0.2, 0.25) is 5.15 Å². The molecule has 21 heavy (non-hydrogen) atoms. The van der Waals surface area contributed by atoms with Crippen LogP contribution in [-0.4, -0.2) is 46.6 Å². The molecule has 2 rings (SSSR count). The molecule has 1 fully saturated rings. The third-order valence-corrected chi connectivity index (χ3v) is 4.10. The summed E-state index contributed by atoms with van der Waals surface area (Å²) in [6.07, 6.45) is 3.20. The Morgan fingerprint density at radius 3 is 2.86 bits per heavy atom. The zero-order valence-electron chi connectivity index (χ0n) is 12.5. The van der Waals surface area contributed by atoms with E-state index in [1.54, 1.807) is 24.1 Å². The normalized spacial score (nSPS) is 21.9.